The molecule has 0 unspecified atom stereocenters. The van der Waals surface area contributed by atoms with Gasteiger partial charge in [0.2, 0.25) is 0 Å². The Morgan fingerprint density at radius 1 is 1.64 bits per heavy atom. The zero-order valence-corrected chi connectivity index (χ0v) is 8.00. The van der Waals surface area contributed by atoms with E-state index in [0.717, 1.165) is 0 Å². The average molecular weight is 198 g/mol. The van der Waals surface area contributed by atoms with Crippen molar-refractivity contribution in [3.8, 4) is 0 Å². The molecule has 14 heavy (non-hydrogen) atoms. The van der Waals surface area contributed by atoms with Gasteiger partial charge in [-0.15, -0.1) is 0 Å². The Bertz CT molecular complexity index is 328. The van der Waals surface area contributed by atoms with Crippen LogP contribution in [0.3, 0.4) is 0 Å². The topological polar surface area (TPSA) is 53.9 Å². The van der Waals surface area contributed by atoms with Crippen LogP contribution in [0.15, 0.2) is 24.3 Å². The number of hydrogen-bond acceptors (Lipinski definition) is 2. The molecule has 0 heterocycles. The predicted octanol–water partition coefficient (Wildman–Crippen LogP) is 0.672. The molecule has 0 amide bonds. The lowest BCUT2D eigenvalue weighted by Crippen LogP contribution is -2.54. The summed E-state index contributed by atoms with van der Waals surface area (Å²) in [4.78, 5) is 10.9. The van der Waals surface area contributed by atoms with Crippen LogP contribution in [-0.4, -0.2) is 13.1 Å². The summed E-state index contributed by atoms with van der Waals surface area (Å²) in [5.41, 5.74) is 4.47. The maximum atomic E-state index is 12.8. The third-order valence-electron chi connectivity index (χ3n) is 1.96. The lowest BCUT2D eigenvalue weighted by molar-refractivity contribution is -0.425. The van der Waals surface area contributed by atoms with Crippen LogP contribution in [0.25, 0.3) is 0 Å². The summed E-state index contributed by atoms with van der Waals surface area (Å²) >= 11 is 0. The second-order valence-electron chi connectivity index (χ2n) is 3.03. The molecule has 0 spiro atoms. The third-order valence-corrected chi connectivity index (χ3v) is 1.96. The number of carbonyl (C=O) groups is 1. The second-order valence-corrected chi connectivity index (χ2v) is 3.03. The lowest BCUT2D eigenvalue weighted by atomic mass is 10.1. The number of methoxy groups -OCH3 is 1. The number of rotatable bonds is 3. The number of halogens is 1. The first-order valence-electron chi connectivity index (χ1n) is 4.29. The van der Waals surface area contributed by atoms with E-state index in [1.54, 1.807) is 12.1 Å². The zero-order chi connectivity index (χ0) is 10.6. The molecular formula is C10H13FNO2+. The number of ether oxygens (including phenoxy) is 1. The van der Waals surface area contributed by atoms with E-state index >= 15 is 0 Å². The van der Waals surface area contributed by atoms with Gasteiger partial charge in [-0.2, -0.15) is 0 Å². The molecule has 0 saturated carbocycles. The minimum absolute atomic E-state index is 0.167. The minimum atomic E-state index is -0.339. The molecule has 0 aromatic heterocycles. The van der Waals surface area contributed by atoms with Crippen LogP contribution < -0.4 is 5.73 Å². The fraction of sp³-hybridized carbons (Fsp3) is 0.300. The first-order chi connectivity index (χ1) is 6.63. The first-order valence-corrected chi connectivity index (χ1v) is 4.29. The summed E-state index contributed by atoms with van der Waals surface area (Å²) in [6.07, 6.45) is 0.167. The number of benzene rings is 1. The van der Waals surface area contributed by atoms with Crippen molar-refractivity contribution in [2.75, 3.05) is 7.11 Å². The number of esters is 1. The maximum absolute atomic E-state index is 12.8. The minimum Gasteiger partial charge on any atom is -0.469 e. The molecule has 0 bridgehead atoms. The van der Waals surface area contributed by atoms with Crippen molar-refractivity contribution in [2.45, 2.75) is 12.5 Å². The Labute approximate surface area is 81.7 Å². The Balaban J connectivity index is 2.69. The van der Waals surface area contributed by atoms with Crippen molar-refractivity contribution >= 4 is 5.97 Å². The average Bonchev–Trinajstić information content (AvgIpc) is 2.17. The predicted molar refractivity (Wildman–Crippen MR) is 48.7 cm³/mol. The van der Waals surface area contributed by atoms with Gasteiger partial charge in [0.1, 0.15) is 18.3 Å². The van der Waals surface area contributed by atoms with Crippen LogP contribution in [0.4, 0.5) is 4.39 Å². The standard InChI is InChI=1S/C10H12FNO2/c1-14-10(13)6-9(12)7-3-2-4-8(11)5-7/h2-5,9H,6,12H2,1H3/p+1/t9-/m1/s1. The highest BCUT2D eigenvalue weighted by Gasteiger charge is 2.15. The molecule has 3 N–H and O–H groups in total. The van der Waals surface area contributed by atoms with Crippen LogP contribution in [0, 0.1) is 5.82 Å². The van der Waals surface area contributed by atoms with Gasteiger partial charge in [0.25, 0.3) is 0 Å². The molecule has 0 aliphatic carbocycles. The highest BCUT2D eigenvalue weighted by atomic mass is 19.1. The molecule has 0 aliphatic heterocycles. The summed E-state index contributed by atoms with van der Waals surface area (Å²) in [7, 11) is 1.32. The van der Waals surface area contributed by atoms with Crippen molar-refractivity contribution in [3.05, 3.63) is 35.6 Å². The quantitative estimate of drug-likeness (QED) is 0.726. The molecule has 0 radical (unpaired) electrons. The molecule has 0 saturated heterocycles. The van der Waals surface area contributed by atoms with Crippen LogP contribution in [0.5, 0.6) is 0 Å². The number of carbonyl (C=O) groups excluding carboxylic acids is 1. The van der Waals surface area contributed by atoms with Crippen molar-refractivity contribution in [1.29, 1.82) is 0 Å². The van der Waals surface area contributed by atoms with Gasteiger partial charge in [0.05, 0.1) is 7.11 Å². The van der Waals surface area contributed by atoms with Gasteiger partial charge in [0.15, 0.2) is 0 Å². The molecule has 1 aromatic rings. The van der Waals surface area contributed by atoms with Crippen molar-refractivity contribution in [2.24, 2.45) is 0 Å². The van der Waals surface area contributed by atoms with Gasteiger partial charge in [-0.3, -0.25) is 4.79 Å². The van der Waals surface area contributed by atoms with Gasteiger partial charge in [-0.05, 0) is 12.1 Å². The molecule has 0 fully saturated rings. The lowest BCUT2D eigenvalue weighted by Gasteiger charge is -2.06. The maximum Gasteiger partial charge on any atom is 0.311 e. The molecule has 4 heteroatoms. The summed E-state index contributed by atoms with van der Waals surface area (Å²) in [5, 5.41) is 0. The monoisotopic (exact) mass is 198 g/mol. The van der Waals surface area contributed by atoms with Gasteiger partial charge in [-0.1, -0.05) is 12.1 Å². The van der Waals surface area contributed by atoms with E-state index in [2.05, 4.69) is 10.5 Å². The first kappa shape index (κ1) is 10.7. The van der Waals surface area contributed by atoms with E-state index in [0.29, 0.717) is 5.56 Å². The van der Waals surface area contributed by atoms with Crippen LogP contribution in [0.1, 0.15) is 18.0 Å². The molecule has 0 aliphatic rings. The molecule has 1 atom stereocenters. The van der Waals surface area contributed by atoms with Gasteiger partial charge < -0.3 is 10.5 Å². The zero-order valence-electron chi connectivity index (χ0n) is 8.00. The normalized spacial score (nSPS) is 12.2. The van der Waals surface area contributed by atoms with E-state index in [-0.39, 0.29) is 24.2 Å². The molecular weight excluding hydrogens is 185 g/mol. The molecule has 1 aromatic carbocycles. The fourth-order valence-corrected chi connectivity index (χ4v) is 1.16. The Hall–Kier alpha value is -1.42. The van der Waals surface area contributed by atoms with E-state index in [4.69, 9.17) is 0 Å². The summed E-state index contributed by atoms with van der Waals surface area (Å²) in [6.45, 7) is 0. The number of hydrogen-bond donors (Lipinski definition) is 1. The summed E-state index contributed by atoms with van der Waals surface area (Å²) in [6, 6.07) is 5.80. The van der Waals surface area contributed by atoms with Crippen molar-refractivity contribution in [3.63, 3.8) is 0 Å². The van der Waals surface area contributed by atoms with Crippen LogP contribution in [-0.2, 0) is 9.53 Å². The molecule has 76 valence electrons. The highest BCUT2D eigenvalue weighted by molar-refractivity contribution is 5.69. The molecule has 3 nitrogen and oxygen atoms in total. The van der Waals surface area contributed by atoms with Gasteiger partial charge in [0, 0.05) is 5.56 Å². The van der Waals surface area contributed by atoms with Gasteiger partial charge in [-0.25, -0.2) is 4.39 Å². The highest BCUT2D eigenvalue weighted by Crippen LogP contribution is 2.13. The van der Waals surface area contributed by atoms with E-state index in [9.17, 15) is 9.18 Å². The van der Waals surface area contributed by atoms with Crippen molar-refractivity contribution in [1.82, 2.24) is 0 Å². The van der Waals surface area contributed by atoms with Gasteiger partial charge >= 0.3 is 5.97 Å². The summed E-state index contributed by atoms with van der Waals surface area (Å²) < 4.78 is 17.3. The number of quaternary nitrogens is 1. The van der Waals surface area contributed by atoms with Crippen LogP contribution >= 0.6 is 0 Å². The Kier molecular flexibility index (Phi) is 3.59. The second kappa shape index (κ2) is 4.72. The Morgan fingerprint density at radius 3 is 2.93 bits per heavy atom. The third kappa shape index (κ3) is 2.81. The van der Waals surface area contributed by atoms with E-state index in [1.807, 2.05) is 0 Å². The smallest absolute Gasteiger partial charge is 0.311 e. The van der Waals surface area contributed by atoms with E-state index < -0.39 is 0 Å². The Morgan fingerprint density at radius 2 is 2.36 bits per heavy atom. The van der Waals surface area contributed by atoms with Crippen LogP contribution in [0.2, 0.25) is 0 Å². The van der Waals surface area contributed by atoms with Crippen molar-refractivity contribution < 1.29 is 19.7 Å². The molecule has 1 rings (SSSR count). The fourth-order valence-electron chi connectivity index (χ4n) is 1.16. The largest absolute Gasteiger partial charge is 0.469 e. The SMILES string of the molecule is COC(=O)C[C@@H]([NH3+])c1cccc(F)c1. The van der Waals surface area contributed by atoms with E-state index in [1.165, 1.54) is 19.2 Å². The summed E-state index contributed by atoms with van der Waals surface area (Å²) in [5.74, 6) is -0.657.